The van der Waals surface area contributed by atoms with Crippen LogP contribution in [-0.2, 0) is 23.0 Å². The maximum absolute atomic E-state index is 12.4. The molecule has 1 heterocycles. The first-order chi connectivity index (χ1) is 9.46. The predicted octanol–water partition coefficient (Wildman–Crippen LogP) is 2.57. The molecule has 108 valence electrons. The van der Waals surface area contributed by atoms with Crippen LogP contribution < -0.4 is 4.72 Å². The SMILES string of the molecule is CCc1cccc(NS(=O)(=O)c2cn(CC)nc2C)c1. The zero-order valence-corrected chi connectivity index (χ0v) is 12.7. The summed E-state index contributed by atoms with van der Waals surface area (Å²) in [6.45, 7) is 6.29. The van der Waals surface area contributed by atoms with Gasteiger partial charge in [-0.1, -0.05) is 19.1 Å². The number of nitrogens with one attached hydrogen (secondary N) is 1. The summed E-state index contributed by atoms with van der Waals surface area (Å²) >= 11 is 0. The van der Waals surface area contributed by atoms with Crippen molar-refractivity contribution in [2.24, 2.45) is 0 Å². The van der Waals surface area contributed by atoms with Gasteiger partial charge < -0.3 is 0 Å². The molecule has 0 radical (unpaired) electrons. The van der Waals surface area contributed by atoms with Crippen LogP contribution >= 0.6 is 0 Å². The van der Waals surface area contributed by atoms with Gasteiger partial charge in [0.15, 0.2) is 0 Å². The van der Waals surface area contributed by atoms with Crippen LogP contribution in [0.4, 0.5) is 5.69 Å². The maximum Gasteiger partial charge on any atom is 0.265 e. The van der Waals surface area contributed by atoms with E-state index in [1.165, 1.54) is 0 Å². The molecular formula is C14H19N3O2S. The molecule has 0 bridgehead atoms. The predicted molar refractivity (Wildman–Crippen MR) is 79.3 cm³/mol. The third-order valence-electron chi connectivity index (χ3n) is 3.10. The highest BCUT2D eigenvalue weighted by atomic mass is 32.2. The molecule has 6 heteroatoms. The lowest BCUT2D eigenvalue weighted by atomic mass is 10.1. The van der Waals surface area contributed by atoms with E-state index < -0.39 is 10.0 Å². The minimum atomic E-state index is -3.59. The smallest absolute Gasteiger partial charge is 0.265 e. The number of hydrogen-bond donors (Lipinski definition) is 1. The number of nitrogens with zero attached hydrogens (tertiary/aromatic N) is 2. The summed E-state index contributed by atoms with van der Waals surface area (Å²) in [5, 5.41) is 4.17. The molecule has 0 unspecified atom stereocenters. The van der Waals surface area contributed by atoms with E-state index in [0.29, 0.717) is 17.9 Å². The molecule has 0 aliphatic heterocycles. The minimum absolute atomic E-state index is 0.223. The number of anilines is 1. The molecule has 1 N–H and O–H groups in total. The summed E-state index contributed by atoms with van der Waals surface area (Å²) in [6, 6.07) is 7.41. The van der Waals surface area contributed by atoms with E-state index in [2.05, 4.69) is 9.82 Å². The molecule has 2 aromatic rings. The number of rotatable bonds is 5. The van der Waals surface area contributed by atoms with E-state index in [1.807, 2.05) is 32.0 Å². The average Bonchev–Trinajstić information content (AvgIpc) is 2.80. The Kier molecular flexibility index (Phi) is 4.13. The van der Waals surface area contributed by atoms with Crippen molar-refractivity contribution in [3.05, 3.63) is 41.7 Å². The van der Waals surface area contributed by atoms with Gasteiger partial charge in [0.05, 0.1) is 5.69 Å². The Balaban J connectivity index is 2.32. The summed E-state index contributed by atoms with van der Waals surface area (Å²) in [5.41, 5.74) is 2.17. The topological polar surface area (TPSA) is 64.0 Å². The van der Waals surface area contributed by atoms with Crippen molar-refractivity contribution in [2.45, 2.75) is 38.6 Å². The van der Waals surface area contributed by atoms with Crippen molar-refractivity contribution >= 4 is 15.7 Å². The molecule has 20 heavy (non-hydrogen) atoms. The lowest BCUT2D eigenvalue weighted by Gasteiger charge is -2.08. The Morgan fingerprint density at radius 3 is 2.65 bits per heavy atom. The van der Waals surface area contributed by atoms with Crippen LogP contribution in [0.25, 0.3) is 0 Å². The summed E-state index contributed by atoms with van der Waals surface area (Å²) in [4.78, 5) is 0.223. The van der Waals surface area contributed by atoms with Crippen LogP contribution in [-0.4, -0.2) is 18.2 Å². The van der Waals surface area contributed by atoms with Gasteiger partial charge >= 0.3 is 0 Å². The molecular weight excluding hydrogens is 274 g/mol. The van der Waals surface area contributed by atoms with Gasteiger partial charge in [-0.2, -0.15) is 5.10 Å². The quantitative estimate of drug-likeness (QED) is 0.921. The Hall–Kier alpha value is -1.82. The van der Waals surface area contributed by atoms with E-state index in [0.717, 1.165) is 12.0 Å². The minimum Gasteiger partial charge on any atom is -0.280 e. The Morgan fingerprint density at radius 1 is 1.30 bits per heavy atom. The fourth-order valence-electron chi connectivity index (χ4n) is 1.99. The summed E-state index contributed by atoms with van der Waals surface area (Å²) in [5.74, 6) is 0. The first kappa shape index (κ1) is 14.6. The van der Waals surface area contributed by atoms with Crippen LogP contribution in [0.1, 0.15) is 25.1 Å². The molecule has 0 aliphatic carbocycles. The first-order valence-corrected chi connectivity index (χ1v) is 8.10. The molecule has 0 saturated heterocycles. The van der Waals surface area contributed by atoms with Gasteiger partial charge in [0, 0.05) is 18.4 Å². The molecule has 0 amide bonds. The van der Waals surface area contributed by atoms with Gasteiger partial charge in [-0.3, -0.25) is 9.40 Å². The van der Waals surface area contributed by atoms with Crippen LogP contribution in [0, 0.1) is 6.92 Å². The molecule has 0 atom stereocenters. The van der Waals surface area contributed by atoms with E-state index in [1.54, 1.807) is 23.9 Å². The van der Waals surface area contributed by atoms with E-state index in [-0.39, 0.29) is 4.90 Å². The highest BCUT2D eigenvalue weighted by Gasteiger charge is 2.20. The molecule has 1 aromatic carbocycles. The Morgan fingerprint density at radius 2 is 2.05 bits per heavy atom. The number of hydrogen-bond acceptors (Lipinski definition) is 3. The number of benzene rings is 1. The molecule has 0 aliphatic rings. The average molecular weight is 293 g/mol. The molecule has 0 spiro atoms. The van der Waals surface area contributed by atoms with Crippen molar-refractivity contribution in [1.29, 1.82) is 0 Å². The Labute approximate surface area is 119 Å². The standard InChI is InChI=1S/C14H19N3O2S/c1-4-12-7-6-8-13(9-12)16-20(18,19)14-10-17(5-2)15-11(14)3/h6-10,16H,4-5H2,1-3H3. The first-order valence-electron chi connectivity index (χ1n) is 6.62. The summed E-state index contributed by atoms with van der Waals surface area (Å²) in [6.07, 6.45) is 2.42. The molecule has 0 saturated carbocycles. The van der Waals surface area contributed by atoms with Crippen molar-refractivity contribution in [2.75, 3.05) is 4.72 Å². The maximum atomic E-state index is 12.4. The monoisotopic (exact) mass is 293 g/mol. The zero-order valence-electron chi connectivity index (χ0n) is 11.9. The molecule has 1 aromatic heterocycles. The lowest BCUT2D eigenvalue weighted by Crippen LogP contribution is -2.13. The van der Waals surface area contributed by atoms with Crippen LogP contribution in [0.2, 0.25) is 0 Å². The molecule has 5 nitrogen and oxygen atoms in total. The highest BCUT2D eigenvalue weighted by molar-refractivity contribution is 7.92. The molecule has 2 rings (SSSR count). The van der Waals surface area contributed by atoms with Gasteiger partial charge in [0.2, 0.25) is 0 Å². The van der Waals surface area contributed by atoms with Crippen LogP contribution in [0.3, 0.4) is 0 Å². The number of aryl methyl sites for hydroxylation is 3. The van der Waals surface area contributed by atoms with Gasteiger partial charge in [-0.05, 0) is 38.0 Å². The van der Waals surface area contributed by atoms with E-state index in [4.69, 9.17) is 0 Å². The van der Waals surface area contributed by atoms with Crippen molar-refractivity contribution in [1.82, 2.24) is 9.78 Å². The highest BCUT2D eigenvalue weighted by Crippen LogP contribution is 2.19. The van der Waals surface area contributed by atoms with Crippen LogP contribution in [0.15, 0.2) is 35.4 Å². The fraction of sp³-hybridized carbons (Fsp3) is 0.357. The van der Waals surface area contributed by atoms with Gasteiger partial charge in [0.1, 0.15) is 4.90 Å². The van der Waals surface area contributed by atoms with Gasteiger partial charge in [0.25, 0.3) is 10.0 Å². The molecule has 0 fully saturated rings. The van der Waals surface area contributed by atoms with E-state index in [9.17, 15) is 8.42 Å². The van der Waals surface area contributed by atoms with Gasteiger partial charge in [-0.15, -0.1) is 0 Å². The fourth-order valence-corrected chi connectivity index (χ4v) is 3.23. The lowest BCUT2D eigenvalue weighted by molar-refractivity contribution is 0.600. The van der Waals surface area contributed by atoms with Crippen molar-refractivity contribution in [3.8, 4) is 0 Å². The number of aromatic nitrogens is 2. The van der Waals surface area contributed by atoms with Crippen molar-refractivity contribution in [3.63, 3.8) is 0 Å². The van der Waals surface area contributed by atoms with E-state index >= 15 is 0 Å². The normalized spacial score (nSPS) is 11.6. The van der Waals surface area contributed by atoms with Gasteiger partial charge in [-0.25, -0.2) is 8.42 Å². The zero-order chi connectivity index (χ0) is 14.8. The summed E-state index contributed by atoms with van der Waals surface area (Å²) in [7, 11) is -3.59. The summed E-state index contributed by atoms with van der Waals surface area (Å²) < 4.78 is 29.0. The van der Waals surface area contributed by atoms with Crippen molar-refractivity contribution < 1.29 is 8.42 Å². The second kappa shape index (κ2) is 5.66. The number of sulfonamides is 1. The Bertz CT molecular complexity index is 705. The largest absolute Gasteiger partial charge is 0.280 e. The third-order valence-corrected chi connectivity index (χ3v) is 4.59. The third kappa shape index (κ3) is 3.01. The second-order valence-electron chi connectivity index (χ2n) is 4.59. The second-order valence-corrected chi connectivity index (χ2v) is 6.24. The van der Waals surface area contributed by atoms with Crippen LogP contribution in [0.5, 0.6) is 0 Å².